The van der Waals surface area contributed by atoms with Crippen molar-refractivity contribution in [1.82, 2.24) is 5.32 Å². The molecular formula is C18H18N2O7. The number of amides is 1. The van der Waals surface area contributed by atoms with Crippen LogP contribution in [0.15, 0.2) is 48.5 Å². The van der Waals surface area contributed by atoms with Gasteiger partial charge in [0.25, 0.3) is 5.69 Å². The van der Waals surface area contributed by atoms with Crippen LogP contribution in [0, 0.1) is 10.1 Å². The van der Waals surface area contributed by atoms with Gasteiger partial charge in [0.2, 0.25) is 0 Å². The SMILES string of the molecule is COC(=O)[C@H](Cc1ccccc1OC)NC(=O)Oc1ccc([N+](=O)[O-])cc1. The Morgan fingerprint density at radius 1 is 1.11 bits per heavy atom. The Kier molecular flexibility index (Phi) is 6.70. The zero-order chi connectivity index (χ0) is 19.8. The molecule has 2 rings (SSSR count). The summed E-state index contributed by atoms with van der Waals surface area (Å²) in [6.07, 6.45) is -0.763. The van der Waals surface area contributed by atoms with Gasteiger partial charge in [-0.1, -0.05) is 18.2 Å². The topological polar surface area (TPSA) is 117 Å². The van der Waals surface area contributed by atoms with Crippen molar-refractivity contribution in [2.75, 3.05) is 14.2 Å². The van der Waals surface area contributed by atoms with Crippen molar-refractivity contribution in [3.05, 3.63) is 64.2 Å². The van der Waals surface area contributed by atoms with Gasteiger partial charge >= 0.3 is 12.1 Å². The fourth-order valence-corrected chi connectivity index (χ4v) is 2.34. The van der Waals surface area contributed by atoms with Crippen LogP contribution in [-0.2, 0) is 16.0 Å². The van der Waals surface area contributed by atoms with E-state index in [1.807, 2.05) is 0 Å². The number of carbonyl (C=O) groups is 2. The van der Waals surface area contributed by atoms with Crippen LogP contribution in [-0.4, -0.2) is 37.2 Å². The molecule has 0 heterocycles. The van der Waals surface area contributed by atoms with Crippen molar-refractivity contribution in [3.63, 3.8) is 0 Å². The molecule has 0 aliphatic heterocycles. The maximum absolute atomic E-state index is 12.1. The Morgan fingerprint density at radius 2 is 1.78 bits per heavy atom. The van der Waals surface area contributed by atoms with E-state index >= 15 is 0 Å². The number of non-ortho nitro benzene ring substituents is 1. The second kappa shape index (κ2) is 9.18. The van der Waals surface area contributed by atoms with Gasteiger partial charge in [0.05, 0.1) is 19.1 Å². The Hall–Kier alpha value is -3.62. The fraction of sp³-hybridized carbons (Fsp3) is 0.222. The molecule has 27 heavy (non-hydrogen) atoms. The van der Waals surface area contributed by atoms with E-state index in [1.54, 1.807) is 24.3 Å². The summed E-state index contributed by atoms with van der Waals surface area (Å²) >= 11 is 0. The summed E-state index contributed by atoms with van der Waals surface area (Å²) in [6.45, 7) is 0. The molecule has 142 valence electrons. The zero-order valence-electron chi connectivity index (χ0n) is 14.7. The van der Waals surface area contributed by atoms with Gasteiger partial charge in [-0.15, -0.1) is 0 Å². The number of hydrogen-bond donors (Lipinski definition) is 1. The first-order chi connectivity index (χ1) is 12.9. The Bertz CT molecular complexity index is 821. The number of methoxy groups -OCH3 is 2. The molecule has 1 N–H and O–H groups in total. The summed E-state index contributed by atoms with van der Waals surface area (Å²) in [5.74, 6) is 0.0116. The summed E-state index contributed by atoms with van der Waals surface area (Å²) in [6, 6.07) is 11.0. The molecule has 0 radical (unpaired) electrons. The molecule has 0 unspecified atom stereocenters. The normalized spacial score (nSPS) is 11.2. The van der Waals surface area contributed by atoms with Gasteiger partial charge < -0.3 is 19.5 Å². The van der Waals surface area contributed by atoms with Gasteiger partial charge in [-0.05, 0) is 23.8 Å². The molecule has 0 saturated carbocycles. The first kappa shape index (κ1) is 19.7. The van der Waals surface area contributed by atoms with E-state index in [0.29, 0.717) is 11.3 Å². The summed E-state index contributed by atoms with van der Waals surface area (Å²) in [5, 5.41) is 13.1. The van der Waals surface area contributed by atoms with Gasteiger partial charge in [-0.3, -0.25) is 10.1 Å². The smallest absolute Gasteiger partial charge is 0.413 e. The van der Waals surface area contributed by atoms with Gasteiger partial charge in [-0.25, -0.2) is 9.59 Å². The molecule has 9 heteroatoms. The number of nitro groups is 1. The lowest BCUT2D eigenvalue weighted by Crippen LogP contribution is -2.44. The van der Waals surface area contributed by atoms with E-state index in [2.05, 4.69) is 5.32 Å². The average molecular weight is 374 g/mol. The molecule has 0 saturated heterocycles. The molecule has 1 atom stereocenters. The second-order valence-corrected chi connectivity index (χ2v) is 5.38. The van der Waals surface area contributed by atoms with Gasteiger partial charge in [0.1, 0.15) is 17.5 Å². The van der Waals surface area contributed by atoms with Crippen LogP contribution in [0.1, 0.15) is 5.56 Å². The lowest BCUT2D eigenvalue weighted by Gasteiger charge is -2.17. The predicted molar refractivity (Wildman–Crippen MR) is 94.8 cm³/mol. The van der Waals surface area contributed by atoms with Crippen LogP contribution < -0.4 is 14.8 Å². The standard InChI is InChI=1S/C18H18N2O7/c1-25-16-6-4-3-5-12(16)11-15(17(21)26-2)19-18(22)27-14-9-7-13(8-10-14)20(23)24/h3-10,15H,11H2,1-2H3,(H,19,22)/t15-/m0/s1. The molecule has 2 aromatic rings. The lowest BCUT2D eigenvalue weighted by molar-refractivity contribution is -0.384. The molecule has 0 bridgehead atoms. The number of nitrogens with zero attached hydrogens (tertiary/aromatic N) is 1. The average Bonchev–Trinajstić information content (AvgIpc) is 2.67. The lowest BCUT2D eigenvalue weighted by atomic mass is 10.1. The molecule has 0 fully saturated rings. The van der Waals surface area contributed by atoms with Crippen molar-refractivity contribution >= 4 is 17.7 Å². The van der Waals surface area contributed by atoms with E-state index in [0.717, 1.165) is 0 Å². The summed E-state index contributed by atoms with van der Waals surface area (Å²) in [4.78, 5) is 34.2. The fourth-order valence-electron chi connectivity index (χ4n) is 2.34. The van der Waals surface area contributed by atoms with Crippen molar-refractivity contribution in [2.45, 2.75) is 12.5 Å². The number of esters is 1. The summed E-state index contributed by atoms with van der Waals surface area (Å²) < 4.78 is 15.0. The minimum atomic E-state index is -1.00. The molecule has 0 spiro atoms. The van der Waals surface area contributed by atoms with Crippen LogP contribution in [0.2, 0.25) is 0 Å². The minimum Gasteiger partial charge on any atom is -0.496 e. The van der Waals surface area contributed by atoms with Crippen LogP contribution in [0.4, 0.5) is 10.5 Å². The number of hydrogen-bond acceptors (Lipinski definition) is 7. The van der Waals surface area contributed by atoms with Crippen LogP contribution in [0.25, 0.3) is 0 Å². The number of nitro benzene ring substituents is 1. The molecule has 0 aromatic heterocycles. The Labute approximate surface area is 155 Å². The number of para-hydroxylation sites is 1. The van der Waals surface area contributed by atoms with E-state index in [9.17, 15) is 19.7 Å². The van der Waals surface area contributed by atoms with Crippen molar-refractivity contribution < 1.29 is 28.7 Å². The van der Waals surface area contributed by atoms with Crippen molar-refractivity contribution in [1.29, 1.82) is 0 Å². The second-order valence-electron chi connectivity index (χ2n) is 5.38. The molecular weight excluding hydrogens is 356 g/mol. The highest BCUT2D eigenvalue weighted by molar-refractivity contribution is 5.82. The number of carbonyl (C=O) groups excluding carboxylic acids is 2. The molecule has 2 aromatic carbocycles. The molecule has 0 aliphatic carbocycles. The van der Waals surface area contributed by atoms with Gasteiger partial charge in [-0.2, -0.15) is 0 Å². The quantitative estimate of drug-likeness (QED) is 0.449. The first-order valence-corrected chi connectivity index (χ1v) is 7.87. The zero-order valence-corrected chi connectivity index (χ0v) is 14.7. The third kappa shape index (κ3) is 5.43. The highest BCUT2D eigenvalue weighted by atomic mass is 16.6. The Morgan fingerprint density at radius 3 is 2.37 bits per heavy atom. The largest absolute Gasteiger partial charge is 0.496 e. The molecule has 1 amide bonds. The minimum absolute atomic E-state index is 0.0963. The van der Waals surface area contributed by atoms with Crippen LogP contribution in [0.3, 0.4) is 0 Å². The van der Waals surface area contributed by atoms with E-state index in [1.165, 1.54) is 38.5 Å². The maximum Gasteiger partial charge on any atom is 0.413 e. The van der Waals surface area contributed by atoms with Crippen molar-refractivity contribution in [3.8, 4) is 11.5 Å². The third-order valence-corrected chi connectivity index (χ3v) is 3.65. The highest BCUT2D eigenvalue weighted by Crippen LogP contribution is 2.20. The predicted octanol–water partition coefficient (Wildman–Crippen LogP) is 2.48. The third-order valence-electron chi connectivity index (χ3n) is 3.65. The monoisotopic (exact) mass is 374 g/mol. The van der Waals surface area contributed by atoms with Gasteiger partial charge in [0, 0.05) is 18.6 Å². The van der Waals surface area contributed by atoms with E-state index in [-0.39, 0.29) is 17.9 Å². The summed E-state index contributed by atoms with van der Waals surface area (Å²) in [7, 11) is 2.71. The van der Waals surface area contributed by atoms with Crippen molar-refractivity contribution in [2.24, 2.45) is 0 Å². The first-order valence-electron chi connectivity index (χ1n) is 7.87. The number of ether oxygens (including phenoxy) is 3. The van der Waals surface area contributed by atoms with Crippen LogP contribution in [0.5, 0.6) is 11.5 Å². The number of benzene rings is 2. The Balaban J connectivity index is 2.07. The van der Waals surface area contributed by atoms with E-state index < -0.39 is 23.0 Å². The highest BCUT2D eigenvalue weighted by Gasteiger charge is 2.24. The van der Waals surface area contributed by atoms with Gasteiger partial charge in [0.15, 0.2) is 0 Å². The molecule has 9 nitrogen and oxygen atoms in total. The number of rotatable bonds is 7. The van der Waals surface area contributed by atoms with Crippen LogP contribution >= 0.6 is 0 Å². The number of nitrogens with one attached hydrogen (secondary N) is 1. The summed E-state index contributed by atoms with van der Waals surface area (Å²) in [5.41, 5.74) is 0.567. The van der Waals surface area contributed by atoms with E-state index in [4.69, 9.17) is 14.2 Å². The maximum atomic E-state index is 12.1. The molecule has 0 aliphatic rings.